The lowest BCUT2D eigenvalue weighted by molar-refractivity contribution is 0.0986. The summed E-state index contributed by atoms with van der Waals surface area (Å²) in [6.07, 6.45) is 4.62. The maximum absolute atomic E-state index is 11.2. The van der Waals surface area contributed by atoms with Crippen molar-refractivity contribution in [3.8, 4) is 0 Å². The van der Waals surface area contributed by atoms with Gasteiger partial charge in [-0.2, -0.15) is 0 Å². The first-order valence-electron chi connectivity index (χ1n) is 5.81. The summed E-state index contributed by atoms with van der Waals surface area (Å²) in [6, 6.07) is 3.69. The van der Waals surface area contributed by atoms with Gasteiger partial charge in [-0.25, -0.2) is 0 Å². The molecule has 4 heterocycles. The molecule has 16 heavy (non-hydrogen) atoms. The van der Waals surface area contributed by atoms with E-state index in [1.54, 1.807) is 6.07 Å². The first-order chi connectivity index (χ1) is 7.74. The van der Waals surface area contributed by atoms with Gasteiger partial charge in [0.25, 0.3) is 0 Å². The molecule has 2 bridgehead atoms. The number of Topliss-reactive ketones (excluding diaryl/α,β-unsaturated/α-hetero) is 1. The minimum atomic E-state index is -0.00637. The normalized spacial score (nSPS) is 20.1. The Labute approximate surface area is 94.7 Å². The highest BCUT2D eigenvalue weighted by molar-refractivity contribution is 5.91. The van der Waals surface area contributed by atoms with E-state index in [4.69, 9.17) is 4.42 Å². The Morgan fingerprint density at radius 3 is 2.62 bits per heavy atom. The van der Waals surface area contributed by atoms with Crippen LogP contribution in [-0.2, 0) is 0 Å². The molecule has 0 spiro atoms. The monoisotopic (exact) mass is 217 g/mol. The van der Waals surface area contributed by atoms with Crippen LogP contribution >= 0.6 is 0 Å². The standard InChI is InChI=1S/C13H15NO2/c1-9(15)12-2-3-13(16-12)11-8-14-6-4-10(11)5-7-14/h2-3,8,10H,4-7H2,1H3. The molecule has 0 amide bonds. The molecule has 0 aromatic carbocycles. The van der Waals surface area contributed by atoms with E-state index < -0.39 is 0 Å². The molecule has 0 radical (unpaired) electrons. The average molecular weight is 217 g/mol. The zero-order valence-electron chi connectivity index (χ0n) is 9.40. The molecule has 1 aromatic heterocycles. The number of hydrogen-bond donors (Lipinski definition) is 0. The fourth-order valence-corrected chi connectivity index (χ4v) is 2.59. The molecule has 1 fully saturated rings. The van der Waals surface area contributed by atoms with Crippen molar-refractivity contribution in [2.75, 3.05) is 13.1 Å². The topological polar surface area (TPSA) is 33.5 Å². The Kier molecular flexibility index (Phi) is 2.13. The summed E-state index contributed by atoms with van der Waals surface area (Å²) in [5.41, 5.74) is 1.27. The van der Waals surface area contributed by atoms with Gasteiger partial charge in [0.05, 0.1) is 0 Å². The van der Waals surface area contributed by atoms with Crippen molar-refractivity contribution < 1.29 is 9.21 Å². The molecule has 1 aromatic rings. The summed E-state index contributed by atoms with van der Waals surface area (Å²) < 4.78 is 5.59. The van der Waals surface area contributed by atoms with Crippen LogP contribution < -0.4 is 0 Å². The highest BCUT2D eigenvalue weighted by atomic mass is 16.3. The quantitative estimate of drug-likeness (QED) is 0.714. The first kappa shape index (κ1) is 9.70. The number of furan rings is 1. The minimum absolute atomic E-state index is 0.00637. The van der Waals surface area contributed by atoms with E-state index in [2.05, 4.69) is 11.1 Å². The van der Waals surface area contributed by atoms with Crippen molar-refractivity contribution in [1.29, 1.82) is 0 Å². The molecular weight excluding hydrogens is 202 g/mol. The molecule has 0 unspecified atom stereocenters. The number of carbonyl (C=O) groups excluding carboxylic acids is 1. The zero-order valence-corrected chi connectivity index (χ0v) is 9.40. The molecular formula is C13H15NO2. The summed E-state index contributed by atoms with van der Waals surface area (Å²) in [7, 11) is 0. The second-order valence-electron chi connectivity index (χ2n) is 4.61. The van der Waals surface area contributed by atoms with Crippen LogP contribution in [0.3, 0.4) is 0 Å². The second-order valence-corrected chi connectivity index (χ2v) is 4.61. The first-order valence-corrected chi connectivity index (χ1v) is 5.81. The SMILES string of the molecule is CC(=O)c1ccc(C2=CN3CCC2CC3)o1. The average Bonchev–Trinajstić information content (AvgIpc) is 2.80. The minimum Gasteiger partial charge on any atom is -0.453 e. The Morgan fingerprint density at radius 1 is 1.38 bits per heavy atom. The summed E-state index contributed by atoms with van der Waals surface area (Å²) in [5, 5.41) is 0. The molecule has 3 aliphatic heterocycles. The lowest BCUT2D eigenvalue weighted by Crippen LogP contribution is -2.35. The molecule has 0 aliphatic carbocycles. The van der Waals surface area contributed by atoms with Gasteiger partial charge in [-0.15, -0.1) is 0 Å². The predicted molar refractivity (Wildman–Crippen MR) is 61.0 cm³/mol. The van der Waals surface area contributed by atoms with Gasteiger partial charge in [0.15, 0.2) is 11.5 Å². The molecule has 1 saturated heterocycles. The summed E-state index contributed by atoms with van der Waals surface area (Å²) in [5.74, 6) is 1.95. The van der Waals surface area contributed by atoms with E-state index in [9.17, 15) is 4.79 Å². The van der Waals surface area contributed by atoms with Gasteiger partial charge in [-0.1, -0.05) is 0 Å². The van der Waals surface area contributed by atoms with Crippen LogP contribution in [0.4, 0.5) is 0 Å². The third-order valence-electron chi connectivity index (χ3n) is 3.53. The van der Waals surface area contributed by atoms with E-state index in [1.807, 2.05) is 6.07 Å². The Hall–Kier alpha value is -1.51. The van der Waals surface area contributed by atoms with Crippen molar-refractivity contribution >= 4 is 11.4 Å². The summed E-state index contributed by atoms with van der Waals surface area (Å²) >= 11 is 0. The smallest absolute Gasteiger partial charge is 0.194 e. The van der Waals surface area contributed by atoms with E-state index in [-0.39, 0.29) is 5.78 Å². The third kappa shape index (κ3) is 1.47. The van der Waals surface area contributed by atoms with Crippen molar-refractivity contribution in [2.24, 2.45) is 5.92 Å². The number of carbonyl (C=O) groups is 1. The van der Waals surface area contributed by atoms with Crippen molar-refractivity contribution in [3.05, 3.63) is 29.9 Å². The highest BCUT2D eigenvalue weighted by Gasteiger charge is 2.29. The fourth-order valence-electron chi connectivity index (χ4n) is 2.59. The predicted octanol–water partition coefficient (Wildman–Crippen LogP) is 2.55. The number of nitrogens with zero attached hydrogens (tertiary/aromatic N) is 1. The maximum atomic E-state index is 11.2. The number of hydrogen-bond acceptors (Lipinski definition) is 3. The Balaban J connectivity index is 1.94. The Morgan fingerprint density at radius 2 is 2.12 bits per heavy atom. The number of fused-ring (bicyclic) bond motifs is 2. The molecule has 3 heteroatoms. The van der Waals surface area contributed by atoms with Gasteiger partial charge in [0.2, 0.25) is 0 Å². The van der Waals surface area contributed by atoms with Crippen LogP contribution in [0.25, 0.3) is 5.57 Å². The van der Waals surface area contributed by atoms with E-state index >= 15 is 0 Å². The number of piperidine rings is 1. The van der Waals surface area contributed by atoms with Crippen LogP contribution in [0, 0.1) is 5.92 Å². The number of allylic oxidation sites excluding steroid dienone is 1. The van der Waals surface area contributed by atoms with Crippen LogP contribution in [0.15, 0.2) is 22.7 Å². The molecule has 3 nitrogen and oxygen atoms in total. The van der Waals surface area contributed by atoms with Crippen LogP contribution in [-0.4, -0.2) is 23.8 Å². The molecule has 3 aliphatic rings. The van der Waals surface area contributed by atoms with E-state index in [0.29, 0.717) is 11.7 Å². The fraction of sp³-hybridized carbons (Fsp3) is 0.462. The summed E-state index contributed by atoms with van der Waals surface area (Å²) in [4.78, 5) is 13.5. The van der Waals surface area contributed by atoms with Crippen molar-refractivity contribution in [3.63, 3.8) is 0 Å². The zero-order chi connectivity index (χ0) is 11.1. The number of ketones is 1. The second kappa shape index (κ2) is 3.51. The van der Waals surface area contributed by atoms with Gasteiger partial charge in [-0.05, 0) is 30.9 Å². The maximum Gasteiger partial charge on any atom is 0.194 e. The molecule has 0 atom stereocenters. The molecule has 0 saturated carbocycles. The molecule has 4 rings (SSSR count). The van der Waals surface area contributed by atoms with Gasteiger partial charge in [-0.3, -0.25) is 4.79 Å². The van der Waals surface area contributed by atoms with Crippen LogP contribution in [0.2, 0.25) is 0 Å². The van der Waals surface area contributed by atoms with Gasteiger partial charge in [0, 0.05) is 31.8 Å². The van der Waals surface area contributed by atoms with Gasteiger partial charge < -0.3 is 9.32 Å². The van der Waals surface area contributed by atoms with Crippen molar-refractivity contribution in [1.82, 2.24) is 4.90 Å². The van der Waals surface area contributed by atoms with Crippen LogP contribution in [0.1, 0.15) is 36.1 Å². The lowest BCUT2D eigenvalue weighted by Gasteiger charge is -2.38. The largest absolute Gasteiger partial charge is 0.453 e. The number of rotatable bonds is 2. The lowest BCUT2D eigenvalue weighted by atomic mass is 9.85. The van der Waals surface area contributed by atoms with Gasteiger partial charge >= 0.3 is 0 Å². The van der Waals surface area contributed by atoms with Crippen molar-refractivity contribution in [2.45, 2.75) is 19.8 Å². The van der Waals surface area contributed by atoms with E-state index in [1.165, 1.54) is 25.3 Å². The highest BCUT2D eigenvalue weighted by Crippen LogP contribution is 2.37. The molecule has 84 valence electrons. The van der Waals surface area contributed by atoms with Gasteiger partial charge in [0.1, 0.15) is 5.76 Å². The Bertz CT molecular complexity index is 450. The van der Waals surface area contributed by atoms with E-state index in [0.717, 1.165) is 18.8 Å². The third-order valence-corrected chi connectivity index (χ3v) is 3.53. The summed E-state index contributed by atoms with van der Waals surface area (Å²) in [6.45, 7) is 3.86. The molecule has 0 N–H and O–H groups in total. The van der Waals surface area contributed by atoms with Crippen LogP contribution in [0.5, 0.6) is 0 Å².